The summed E-state index contributed by atoms with van der Waals surface area (Å²) in [4.78, 5) is 0. The SMILES string of the molecule is CC(C)OC1(C#N)COCC1(C)C. The molecule has 0 radical (unpaired) electrons. The van der Waals surface area contributed by atoms with Crippen LogP contribution in [0.15, 0.2) is 0 Å². The second-order valence-corrected chi connectivity index (χ2v) is 4.48. The number of hydrogen-bond acceptors (Lipinski definition) is 3. The molecule has 0 N–H and O–H groups in total. The van der Waals surface area contributed by atoms with Gasteiger partial charge in [-0.15, -0.1) is 0 Å². The lowest BCUT2D eigenvalue weighted by Crippen LogP contribution is -2.46. The van der Waals surface area contributed by atoms with Crippen molar-refractivity contribution in [1.29, 1.82) is 5.26 Å². The van der Waals surface area contributed by atoms with Gasteiger partial charge in [0.25, 0.3) is 0 Å². The highest BCUT2D eigenvalue weighted by atomic mass is 16.6. The third-order valence-corrected chi connectivity index (χ3v) is 2.48. The van der Waals surface area contributed by atoms with E-state index in [9.17, 15) is 0 Å². The summed E-state index contributed by atoms with van der Waals surface area (Å²) in [5.41, 5.74) is -0.979. The van der Waals surface area contributed by atoms with Gasteiger partial charge >= 0.3 is 0 Å². The van der Waals surface area contributed by atoms with E-state index in [0.29, 0.717) is 13.2 Å². The van der Waals surface area contributed by atoms with Crippen LogP contribution in [-0.4, -0.2) is 24.9 Å². The summed E-state index contributed by atoms with van der Waals surface area (Å²) in [7, 11) is 0. The molecule has 13 heavy (non-hydrogen) atoms. The third-order valence-electron chi connectivity index (χ3n) is 2.48. The van der Waals surface area contributed by atoms with Gasteiger partial charge in [-0.2, -0.15) is 5.26 Å². The van der Waals surface area contributed by atoms with E-state index in [2.05, 4.69) is 6.07 Å². The lowest BCUT2D eigenvalue weighted by molar-refractivity contribution is -0.0868. The Morgan fingerprint density at radius 2 is 2.00 bits per heavy atom. The zero-order valence-corrected chi connectivity index (χ0v) is 8.76. The van der Waals surface area contributed by atoms with E-state index in [4.69, 9.17) is 14.7 Å². The predicted octanol–water partition coefficient (Wildman–Crippen LogP) is 1.73. The molecule has 3 nitrogen and oxygen atoms in total. The maximum atomic E-state index is 9.15. The molecule has 1 fully saturated rings. The molecule has 0 aromatic heterocycles. The smallest absolute Gasteiger partial charge is 0.184 e. The van der Waals surface area contributed by atoms with Crippen molar-refractivity contribution in [1.82, 2.24) is 0 Å². The first kappa shape index (κ1) is 10.5. The molecule has 1 unspecified atom stereocenters. The molecular weight excluding hydrogens is 166 g/mol. The Kier molecular flexibility index (Phi) is 2.65. The topological polar surface area (TPSA) is 42.2 Å². The molecule has 0 aromatic rings. The molecule has 1 rings (SSSR count). The zero-order chi connectivity index (χ0) is 10.1. The maximum absolute atomic E-state index is 9.15. The summed E-state index contributed by atoms with van der Waals surface area (Å²) < 4.78 is 11.0. The van der Waals surface area contributed by atoms with Crippen molar-refractivity contribution in [2.45, 2.75) is 39.4 Å². The van der Waals surface area contributed by atoms with Crippen molar-refractivity contribution in [3.05, 3.63) is 0 Å². The van der Waals surface area contributed by atoms with Crippen molar-refractivity contribution in [3.8, 4) is 6.07 Å². The fourth-order valence-corrected chi connectivity index (χ4v) is 1.57. The Hall–Kier alpha value is -0.590. The number of nitriles is 1. The average Bonchev–Trinajstić information content (AvgIpc) is 2.27. The number of hydrogen-bond donors (Lipinski definition) is 0. The highest BCUT2D eigenvalue weighted by molar-refractivity contribution is 5.14. The first-order valence-electron chi connectivity index (χ1n) is 4.60. The van der Waals surface area contributed by atoms with Gasteiger partial charge in [0.15, 0.2) is 5.60 Å². The quantitative estimate of drug-likeness (QED) is 0.654. The summed E-state index contributed by atoms with van der Waals surface area (Å²) in [5.74, 6) is 0. The van der Waals surface area contributed by atoms with Gasteiger partial charge in [-0.05, 0) is 13.8 Å². The van der Waals surface area contributed by atoms with Crippen LogP contribution >= 0.6 is 0 Å². The molecule has 0 spiro atoms. The highest BCUT2D eigenvalue weighted by Gasteiger charge is 2.52. The van der Waals surface area contributed by atoms with Crippen LogP contribution in [0.1, 0.15) is 27.7 Å². The minimum absolute atomic E-state index is 0.0561. The van der Waals surface area contributed by atoms with Crippen LogP contribution < -0.4 is 0 Å². The summed E-state index contributed by atoms with van der Waals surface area (Å²) >= 11 is 0. The molecule has 0 amide bonds. The van der Waals surface area contributed by atoms with Crippen molar-refractivity contribution >= 4 is 0 Å². The maximum Gasteiger partial charge on any atom is 0.184 e. The molecule has 0 saturated carbocycles. The van der Waals surface area contributed by atoms with Crippen LogP contribution in [0.3, 0.4) is 0 Å². The molecule has 0 bridgehead atoms. The van der Waals surface area contributed by atoms with Crippen LogP contribution in [0.2, 0.25) is 0 Å². The first-order valence-corrected chi connectivity index (χ1v) is 4.60. The minimum Gasteiger partial charge on any atom is -0.377 e. The Morgan fingerprint density at radius 1 is 1.38 bits per heavy atom. The van der Waals surface area contributed by atoms with Gasteiger partial charge in [-0.1, -0.05) is 13.8 Å². The van der Waals surface area contributed by atoms with E-state index < -0.39 is 5.60 Å². The lowest BCUT2D eigenvalue weighted by atomic mass is 9.78. The molecule has 1 atom stereocenters. The normalized spacial score (nSPS) is 32.0. The van der Waals surface area contributed by atoms with E-state index in [1.807, 2.05) is 27.7 Å². The molecule has 3 heteroatoms. The Morgan fingerprint density at radius 3 is 2.31 bits per heavy atom. The van der Waals surface area contributed by atoms with Crippen LogP contribution in [-0.2, 0) is 9.47 Å². The summed E-state index contributed by atoms with van der Waals surface area (Å²) in [6.07, 6.45) is 0.0561. The van der Waals surface area contributed by atoms with Crippen molar-refractivity contribution in [2.24, 2.45) is 5.41 Å². The molecule has 0 aliphatic carbocycles. The van der Waals surface area contributed by atoms with Crippen LogP contribution in [0, 0.1) is 16.7 Å². The molecule has 1 heterocycles. The molecule has 0 aromatic carbocycles. The Balaban J connectivity index is 2.87. The van der Waals surface area contributed by atoms with E-state index in [-0.39, 0.29) is 11.5 Å². The van der Waals surface area contributed by atoms with Gasteiger partial charge in [-0.3, -0.25) is 0 Å². The van der Waals surface area contributed by atoms with Gasteiger partial charge in [0.2, 0.25) is 0 Å². The molecule has 74 valence electrons. The summed E-state index contributed by atoms with van der Waals surface area (Å²) in [6.45, 7) is 8.86. The fourth-order valence-electron chi connectivity index (χ4n) is 1.57. The monoisotopic (exact) mass is 183 g/mol. The third kappa shape index (κ3) is 1.70. The summed E-state index contributed by atoms with van der Waals surface area (Å²) in [6, 6.07) is 2.25. The van der Waals surface area contributed by atoms with Gasteiger partial charge in [0, 0.05) is 5.41 Å². The Labute approximate surface area is 79.6 Å². The fraction of sp³-hybridized carbons (Fsp3) is 0.900. The summed E-state index contributed by atoms with van der Waals surface area (Å²) in [5, 5.41) is 9.15. The van der Waals surface area contributed by atoms with Crippen molar-refractivity contribution in [2.75, 3.05) is 13.2 Å². The van der Waals surface area contributed by atoms with Crippen LogP contribution in [0.4, 0.5) is 0 Å². The molecule has 1 aliphatic rings. The Bertz CT molecular complexity index is 230. The van der Waals surface area contributed by atoms with E-state index >= 15 is 0 Å². The van der Waals surface area contributed by atoms with Crippen molar-refractivity contribution < 1.29 is 9.47 Å². The van der Waals surface area contributed by atoms with Gasteiger partial charge < -0.3 is 9.47 Å². The second-order valence-electron chi connectivity index (χ2n) is 4.48. The van der Waals surface area contributed by atoms with Crippen LogP contribution in [0.25, 0.3) is 0 Å². The lowest BCUT2D eigenvalue weighted by Gasteiger charge is -2.34. The molecule has 1 aliphatic heterocycles. The number of rotatable bonds is 2. The van der Waals surface area contributed by atoms with E-state index in [1.54, 1.807) is 0 Å². The number of ether oxygens (including phenoxy) is 2. The van der Waals surface area contributed by atoms with Gasteiger partial charge in [0.1, 0.15) is 6.07 Å². The molecular formula is C10H17NO2. The van der Waals surface area contributed by atoms with Crippen LogP contribution in [0.5, 0.6) is 0 Å². The number of nitrogens with zero attached hydrogens (tertiary/aromatic N) is 1. The van der Waals surface area contributed by atoms with E-state index in [0.717, 1.165) is 0 Å². The minimum atomic E-state index is -0.763. The van der Waals surface area contributed by atoms with Gasteiger partial charge in [-0.25, -0.2) is 0 Å². The zero-order valence-electron chi connectivity index (χ0n) is 8.76. The second kappa shape index (κ2) is 3.28. The highest BCUT2D eigenvalue weighted by Crippen LogP contribution is 2.40. The first-order chi connectivity index (χ1) is 5.93. The molecule has 1 saturated heterocycles. The van der Waals surface area contributed by atoms with Crippen molar-refractivity contribution in [3.63, 3.8) is 0 Å². The standard InChI is InChI=1S/C10H17NO2/c1-8(2)13-10(5-11)7-12-6-9(10,3)4/h8H,6-7H2,1-4H3. The van der Waals surface area contributed by atoms with E-state index in [1.165, 1.54) is 0 Å². The van der Waals surface area contributed by atoms with Gasteiger partial charge in [0.05, 0.1) is 19.3 Å². The predicted molar refractivity (Wildman–Crippen MR) is 49.2 cm³/mol. The largest absolute Gasteiger partial charge is 0.377 e. The average molecular weight is 183 g/mol.